The van der Waals surface area contributed by atoms with Crippen LogP contribution in [0.1, 0.15) is 46.0 Å². The largest absolute Gasteiger partial charge is 0.395 e. The number of likely N-dealkylation sites (tertiary alicyclic amines) is 1. The van der Waals surface area contributed by atoms with E-state index in [0.29, 0.717) is 12.6 Å². The van der Waals surface area contributed by atoms with Crippen LogP contribution in [-0.4, -0.2) is 48.8 Å². The molecule has 0 spiro atoms. The van der Waals surface area contributed by atoms with Crippen LogP contribution in [0.15, 0.2) is 0 Å². The summed E-state index contributed by atoms with van der Waals surface area (Å²) >= 11 is 0. The highest BCUT2D eigenvalue weighted by atomic mass is 16.3. The third-order valence-electron chi connectivity index (χ3n) is 3.68. The Hall–Kier alpha value is -0.120. The fourth-order valence-electron chi connectivity index (χ4n) is 2.83. The molecule has 2 N–H and O–H groups in total. The smallest absolute Gasteiger partial charge is 0.0558 e. The summed E-state index contributed by atoms with van der Waals surface area (Å²) in [6.45, 7) is 9.04. The Morgan fingerprint density at radius 2 is 2.06 bits per heavy atom. The van der Waals surface area contributed by atoms with Gasteiger partial charge in [0.2, 0.25) is 0 Å². The van der Waals surface area contributed by atoms with Gasteiger partial charge in [-0.05, 0) is 31.7 Å². The zero-order valence-electron chi connectivity index (χ0n) is 11.6. The number of hydrogen-bond acceptors (Lipinski definition) is 3. The first kappa shape index (κ1) is 14.9. The van der Waals surface area contributed by atoms with Gasteiger partial charge in [-0.1, -0.05) is 26.7 Å². The van der Waals surface area contributed by atoms with Crippen LogP contribution in [0.5, 0.6) is 0 Å². The SMILES string of the molecule is CCCCC1CC(NCCC)CN(CCO)C1. The molecule has 3 heteroatoms. The van der Waals surface area contributed by atoms with E-state index in [-0.39, 0.29) is 0 Å². The lowest BCUT2D eigenvalue weighted by Crippen LogP contribution is -2.50. The lowest BCUT2D eigenvalue weighted by Gasteiger charge is -2.38. The van der Waals surface area contributed by atoms with Crippen molar-refractivity contribution in [2.45, 2.75) is 52.0 Å². The average Bonchev–Trinajstić information content (AvgIpc) is 2.34. The van der Waals surface area contributed by atoms with Crippen molar-refractivity contribution in [2.75, 3.05) is 32.8 Å². The van der Waals surface area contributed by atoms with E-state index >= 15 is 0 Å². The highest BCUT2D eigenvalue weighted by molar-refractivity contribution is 4.83. The molecule has 1 heterocycles. The van der Waals surface area contributed by atoms with Gasteiger partial charge in [0.25, 0.3) is 0 Å². The lowest BCUT2D eigenvalue weighted by molar-refractivity contribution is 0.111. The Labute approximate surface area is 107 Å². The van der Waals surface area contributed by atoms with Crippen LogP contribution in [-0.2, 0) is 0 Å². The van der Waals surface area contributed by atoms with Crippen LogP contribution in [0.2, 0.25) is 0 Å². The topological polar surface area (TPSA) is 35.5 Å². The number of piperidine rings is 1. The molecule has 1 saturated heterocycles. The quantitative estimate of drug-likeness (QED) is 0.682. The van der Waals surface area contributed by atoms with Crippen molar-refractivity contribution in [3.05, 3.63) is 0 Å². The summed E-state index contributed by atoms with van der Waals surface area (Å²) in [7, 11) is 0. The first-order valence-electron chi connectivity index (χ1n) is 7.36. The fraction of sp³-hybridized carbons (Fsp3) is 1.00. The second kappa shape index (κ2) is 8.90. The Morgan fingerprint density at radius 1 is 1.24 bits per heavy atom. The molecule has 0 saturated carbocycles. The molecule has 2 atom stereocenters. The summed E-state index contributed by atoms with van der Waals surface area (Å²) in [6.07, 6.45) is 6.52. The van der Waals surface area contributed by atoms with Gasteiger partial charge in [0, 0.05) is 25.7 Å². The molecule has 3 nitrogen and oxygen atoms in total. The Bertz CT molecular complexity index is 171. The minimum absolute atomic E-state index is 0.293. The van der Waals surface area contributed by atoms with E-state index in [1.165, 1.54) is 38.6 Å². The van der Waals surface area contributed by atoms with Gasteiger partial charge in [0.15, 0.2) is 0 Å². The summed E-state index contributed by atoms with van der Waals surface area (Å²) < 4.78 is 0. The molecule has 0 bridgehead atoms. The number of rotatable bonds is 8. The molecular formula is C14H30N2O. The number of nitrogens with one attached hydrogen (secondary N) is 1. The van der Waals surface area contributed by atoms with E-state index in [4.69, 9.17) is 5.11 Å². The molecule has 1 aliphatic rings. The van der Waals surface area contributed by atoms with E-state index in [1.54, 1.807) is 0 Å². The number of unbranched alkanes of at least 4 members (excludes halogenated alkanes) is 1. The van der Waals surface area contributed by atoms with E-state index in [2.05, 4.69) is 24.1 Å². The fourth-order valence-corrected chi connectivity index (χ4v) is 2.83. The summed E-state index contributed by atoms with van der Waals surface area (Å²) in [5.74, 6) is 0.824. The molecule has 0 aromatic rings. The number of aliphatic hydroxyl groups is 1. The Balaban J connectivity index is 2.37. The molecule has 0 aromatic carbocycles. The molecule has 0 aliphatic carbocycles. The highest BCUT2D eigenvalue weighted by Gasteiger charge is 2.25. The zero-order valence-corrected chi connectivity index (χ0v) is 11.6. The Kier molecular flexibility index (Phi) is 7.82. The molecule has 0 amide bonds. The number of β-amino-alcohol motifs (C(OH)–C–C–N with tert-alkyl or cyclic N) is 1. The van der Waals surface area contributed by atoms with Crippen LogP contribution in [0.4, 0.5) is 0 Å². The molecule has 0 aromatic heterocycles. The standard InChI is InChI=1S/C14H30N2O/c1-3-5-6-13-10-14(15-7-4-2)12-16(11-13)8-9-17/h13-15,17H,3-12H2,1-2H3. The predicted octanol–water partition coefficient (Wildman–Crippen LogP) is 1.86. The van der Waals surface area contributed by atoms with E-state index in [9.17, 15) is 0 Å². The third kappa shape index (κ3) is 5.84. The summed E-state index contributed by atoms with van der Waals surface area (Å²) in [4.78, 5) is 2.43. The summed E-state index contributed by atoms with van der Waals surface area (Å²) in [6, 6.07) is 0.636. The van der Waals surface area contributed by atoms with Crippen LogP contribution >= 0.6 is 0 Å². The van der Waals surface area contributed by atoms with E-state index in [0.717, 1.165) is 25.6 Å². The van der Waals surface area contributed by atoms with Crippen molar-refractivity contribution in [1.82, 2.24) is 10.2 Å². The second-order valence-electron chi connectivity index (χ2n) is 5.38. The average molecular weight is 242 g/mol. The number of hydrogen-bond donors (Lipinski definition) is 2. The number of aliphatic hydroxyl groups excluding tert-OH is 1. The van der Waals surface area contributed by atoms with Gasteiger partial charge in [-0.25, -0.2) is 0 Å². The van der Waals surface area contributed by atoms with Crippen molar-refractivity contribution >= 4 is 0 Å². The third-order valence-corrected chi connectivity index (χ3v) is 3.68. The molecule has 1 fully saturated rings. The second-order valence-corrected chi connectivity index (χ2v) is 5.38. The van der Waals surface area contributed by atoms with Crippen LogP contribution in [0.3, 0.4) is 0 Å². The van der Waals surface area contributed by atoms with Gasteiger partial charge >= 0.3 is 0 Å². The van der Waals surface area contributed by atoms with Gasteiger partial charge in [0.1, 0.15) is 0 Å². The molecule has 1 rings (SSSR count). The lowest BCUT2D eigenvalue weighted by atomic mass is 9.90. The molecule has 0 radical (unpaired) electrons. The monoisotopic (exact) mass is 242 g/mol. The molecular weight excluding hydrogens is 212 g/mol. The normalized spacial score (nSPS) is 26.3. The Morgan fingerprint density at radius 3 is 2.71 bits per heavy atom. The van der Waals surface area contributed by atoms with Crippen LogP contribution < -0.4 is 5.32 Å². The molecule has 2 unspecified atom stereocenters. The van der Waals surface area contributed by atoms with Crippen molar-refractivity contribution in [3.63, 3.8) is 0 Å². The molecule has 1 aliphatic heterocycles. The van der Waals surface area contributed by atoms with Gasteiger partial charge in [0.05, 0.1) is 6.61 Å². The van der Waals surface area contributed by atoms with Gasteiger partial charge in [-0.2, -0.15) is 0 Å². The molecule has 17 heavy (non-hydrogen) atoms. The maximum atomic E-state index is 9.08. The van der Waals surface area contributed by atoms with Crippen molar-refractivity contribution in [3.8, 4) is 0 Å². The summed E-state index contributed by atoms with van der Waals surface area (Å²) in [5, 5.41) is 12.7. The highest BCUT2D eigenvalue weighted by Crippen LogP contribution is 2.21. The minimum Gasteiger partial charge on any atom is -0.395 e. The minimum atomic E-state index is 0.293. The van der Waals surface area contributed by atoms with Gasteiger partial charge < -0.3 is 10.4 Å². The maximum absolute atomic E-state index is 9.08. The maximum Gasteiger partial charge on any atom is 0.0558 e. The van der Waals surface area contributed by atoms with E-state index in [1.807, 2.05) is 0 Å². The van der Waals surface area contributed by atoms with E-state index < -0.39 is 0 Å². The predicted molar refractivity (Wildman–Crippen MR) is 73.2 cm³/mol. The van der Waals surface area contributed by atoms with Gasteiger partial charge in [-0.15, -0.1) is 0 Å². The molecule has 102 valence electrons. The summed E-state index contributed by atoms with van der Waals surface area (Å²) in [5.41, 5.74) is 0. The van der Waals surface area contributed by atoms with Crippen LogP contribution in [0, 0.1) is 5.92 Å². The van der Waals surface area contributed by atoms with Crippen molar-refractivity contribution in [1.29, 1.82) is 0 Å². The zero-order chi connectivity index (χ0) is 12.5. The number of nitrogens with zero attached hydrogens (tertiary/aromatic N) is 1. The van der Waals surface area contributed by atoms with Gasteiger partial charge in [-0.3, -0.25) is 4.90 Å². The first-order chi connectivity index (χ1) is 8.30. The van der Waals surface area contributed by atoms with Crippen molar-refractivity contribution in [2.24, 2.45) is 5.92 Å². The van der Waals surface area contributed by atoms with Crippen molar-refractivity contribution < 1.29 is 5.11 Å². The first-order valence-corrected chi connectivity index (χ1v) is 7.36. The van der Waals surface area contributed by atoms with Crippen LogP contribution in [0.25, 0.3) is 0 Å².